The van der Waals surface area contributed by atoms with Crippen LogP contribution in [0.2, 0.25) is 13.1 Å². The standard InChI is InChI=1S/C7H16BO.Li/c1-3-6-9-7-4-5-8-2;/h3-7H2,1-2H3;/q;+1. The van der Waals surface area contributed by atoms with E-state index in [0.717, 1.165) is 19.6 Å². The summed E-state index contributed by atoms with van der Waals surface area (Å²) in [4.78, 5) is 0. The number of hydrogen-bond donors (Lipinski definition) is 0. The maximum Gasteiger partial charge on any atom is 1.00 e. The average molecular weight is 134 g/mol. The molecular weight excluding hydrogens is 118 g/mol. The van der Waals surface area contributed by atoms with Gasteiger partial charge in [-0.2, -0.15) is 0 Å². The second-order valence-electron chi connectivity index (χ2n) is 2.16. The summed E-state index contributed by atoms with van der Waals surface area (Å²) in [7, 11) is 2.18. The molecule has 53 valence electrons. The molecule has 0 unspecified atom stereocenters. The van der Waals surface area contributed by atoms with E-state index < -0.39 is 0 Å². The summed E-state index contributed by atoms with van der Waals surface area (Å²) in [6, 6.07) is 0. The molecule has 0 N–H and O–H groups in total. The summed E-state index contributed by atoms with van der Waals surface area (Å²) >= 11 is 0. The van der Waals surface area contributed by atoms with E-state index in [0.29, 0.717) is 0 Å². The molecule has 0 saturated carbocycles. The van der Waals surface area contributed by atoms with Crippen molar-refractivity contribution in [2.24, 2.45) is 0 Å². The molecule has 0 rings (SSSR count). The molecule has 0 spiro atoms. The first-order chi connectivity index (χ1) is 4.41. The maximum atomic E-state index is 5.26. The molecule has 0 heterocycles. The molecule has 0 atom stereocenters. The van der Waals surface area contributed by atoms with Gasteiger partial charge in [-0.05, 0) is 12.8 Å². The first kappa shape index (κ1) is 13.2. The van der Waals surface area contributed by atoms with E-state index in [2.05, 4.69) is 21.0 Å². The van der Waals surface area contributed by atoms with Gasteiger partial charge in [0.2, 0.25) is 0 Å². The smallest absolute Gasteiger partial charge is 0.381 e. The third-order valence-electron chi connectivity index (χ3n) is 1.13. The molecule has 1 radical (unpaired) electrons. The summed E-state index contributed by atoms with van der Waals surface area (Å²) in [6.07, 6.45) is 3.50. The Morgan fingerprint density at radius 1 is 1.30 bits per heavy atom. The van der Waals surface area contributed by atoms with E-state index in [-0.39, 0.29) is 18.9 Å². The van der Waals surface area contributed by atoms with Gasteiger partial charge in [0.1, 0.15) is 7.28 Å². The fourth-order valence-corrected chi connectivity index (χ4v) is 0.636. The number of rotatable bonds is 6. The van der Waals surface area contributed by atoms with Crippen molar-refractivity contribution in [1.29, 1.82) is 0 Å². The van der Waals surface area contributed by atoms with Gasteiger partial charge in [0.25, 0.3) is 0 Å². The summed E-state index contributed by atoms with van der Waals surface area (Å²) < 4.78 is 5.26. The second kappa shape index (κ2) is 12.3. The predicted octanol–water partition coefficient (Wildman–Crippen LogP) is -1.02. The first-order valence-corrected chi connectivity index (χ1v) is 3.77. The zero-order chi connectivity index (χ0) is 6.95. The monoisotopic (exact) mass is 134 g/mol. The minimum Gasteiger partial charge on any atom is -0.381 e. The van der Waals surface area contributed by atoms with Crippen LogP contribution in [0.15, 0.2) is 0 Å². The van der Waals surface area contributed by atoms with Gasteiger partial charge in [0.05, 0.1) is 0 Å². The van der Waals surface area contributed by atoms with Gasteiger partial charge in [0.15, 0.2) is 0 Å². The fourth-order valence-electron chi connectivity index (χ4n) is 0.636. The van der Waals surface area contributed by atoms with Crippen molar-refractivity contribution in [3.8, 4) is 0 Å². The van der Waals surface area contributed by atoms with Crippen LogP contribution in [0, 0.1) is 0 Å². The Morgan fingerprint density at radius 2 is 2.00 bits per heavy atom. The molecule has 0 saturated heterocycles. The normalized spacial score (nSPS) is 8.60. The van der Waals surface area contributed by atoms with Crippen LogP contribution in [0.1, 0.15) is 19.8 Å². The zero-order valence-electron chi connectivity index (χ0n) is 7.52. The molecule has 0 aromatic carbocycles. The van der Waals surface area contributed by atoms with E-state index >= 15 is 0 Å². The molecule has 0 amide bonds. The SMILES string of the molecule is C[B]CCCOCCC.[Li+]. The molecule has 0 fully saturated rings. The van der Waals surface area contributed by atoms with Crippen molar-refractivity contribution in [1.82, 2.24) is 0 Å². The Hall–Kier alpha value is 0.622. The zero-order valence-corrected chi connectivity index (χ0v) is 7.52. The van der Waals surface area contributed by atoms with Gasteiger partial charge in [-0.25, -0.2) is 0 Å². The topological polar surface area (TPSA) is 9.23 Å². The Bertz CT molecular complexity index is 46.9. The molecule has 0 aromatic heterocycles. The van der Waals surface area contributed by atoms with Crippen LogP contribution in [-0.4, -0.2) is 20.5 Å². The third-order valence-corrected chi connectivity index (χ3v) is 1.13. The Morgan fingerprint density at radius 3 is 2.50 bits per heavy atom. The summed E-state index contributed by atoms with van der Waals surface area (Å²) in [5.74, 6) is 0. The van der Waals surface area contributed by atoms with Gasteiger partial charge < -0.3 is 4.74 Å². The molecule has 3 heteroatoms. The largest absolute Gasteiger partial charge is 1.00 e. The van der Waals surface area contributed by atoms with Crippen LogP contribution in [-0.2, 0) is 4.74 Å². The third kappa shape index (κ3) is 11.4. The van der Waals surface area contributed by atoms with Crippen LogP contribution >= 0.6 is 0 Å². The van der Waals surface area contributed by atoms with E-state index in [1.54, 1.807) is 0 Å². The van der Waals surface area contributed by atoms with Crippen LogP contribution in [0.5, 0.6) is 0 Å². The number of hydrogen-bond acceptors (Lipinski definition) is 1. The van der Waals surface area contributed by atoms with E-state index in [1.165, 1.54) is 12.7 Å². The quantitative estimate of drug-likeness (QED) is 0.333. The van der Waals surface area contributed by atoms with Crippen LogP contribution in [0.3, 0.4) is 0 Å². The Labute approximate surface area is 77.3 Å². The predicted molar refractivity (Wildman–Crippen MR) is 42.2 cm³/mol. The minimum atomic E-state index is 0. The Balaban J connectivity index is 0. The van der Waals surface area contributed by atoms with E-state index in [1.807, 2.05) is 0 Å². The summed E-state index contributed by atoms with van der Waals surface area (Å²) in [5.41, 5.74) is 0. The van der Waals surface area contributed by atoms with Gasteiger partial charge in [0, 0.05) is 13.2 Å². The Kier molecular flexibility index (Phi) is 16.3. The average Bonchev–Trinajstić information content (AvgIpc) is 1.89. The second-order valence-corrected chi connectivity index (χ2v) is 2.16. The molecule has 0 aliphatic rings. The van der Waals surface area contributed by atoms with Gasteiger partial charge >= 0.3 is 18.9 Å². The van der Waals surface area contributed by atoms with Gasteiger partial charge in [-0.15, -0.1) is 0 Å². The van der Waals surface area contributed by atoms with E-state index in [9.17, 15) is 0 Å². The van der Waals surface area contributed by atoms with Crippen LogP contribution < -0.4 is 18.9 Å². The van der Waals surface area contributed by atoms with Crippen molar-refractivity contribution in [2.45, 2.75) is 32.9 Å². The summed E-state index contributed by atoms with van der Waals surface area (Å²) in [5, 5.41) is 0. The molecule has 0 aliphatic carbocycles. The molecule has 0 aromatic rings. The van der Waals surface area contributed by atoms with Crippen molar-refractivity contribution >= 4 is 7.28 Å². The molecule has 0 aliphatic heterocycles. The molecule has 0 bridgehead atoms. The van der Waals surface area contributed by atoms with E-state index in [4.69, 9.17) is 4.74 Å². The van der Waals surface area contributed by atoms with Crippen LogP contribution in [0.4, 0.5) is 0 Å². The minimum absolute atomic E-state index is 0. The van der Waals surface area contributed by atoms with Crippen LogP contribution in [0.25, 0.3) is 0 Å². The maximum absolute atomic E-state index is 5.26. The van der Waals surface area contributed by atoms with Gasteiger partial charge in [-0.3, -0.25) is 0 Å². The summed E-state index contributed by atoms with van der Waals surface area (Å²) in [6.45, 7) is 6.06. The van der Waals surface area contributed by atoms with Crippen molar-refractivity contribution < 1.29 is 23.6 Å². The fraction of sp³-hybridized carbons (Fsp3) is 1.00. The number of ether oxygens (including phenoxy) is 1. The molecule has 10 heavy (non-hydrogen) atoms. The molecule has 1 nitrogen and oxygen atoms in total. The van der Waals surface area contributed by atoms with Crippen molar-refractivity contribution in [2.75, 3.05) is 13.2 Å². The van der Waals surface area contributed by atoms with Crippen molar-refractivity contribution in [3.63, 3.8) is 0 Å². The van der Waals surface area contributed by atoms with Crippen molar-refractivity contribution in [3.05, 3.63) is 0 Å². The molecular formula is C7H16BLiO+. The van der Waals surface area contributed by atoms with Gasteiger partial charge in [-0.1, -0.05) is 20.1 Å². The first-order valence-electron chi connectivity index (χ1n) is 3.77.